The molecule has 0 fully saturated rings. The van der Waals surface area contributed by atoms with Crippen LogP contribution in [0.3, 0.4) is 0 Å². The second-order valence-electron chi connectivity index (χ2n) is 1.17. The van der Waals surface area contributed by atoms with Gasteiger partial charge in [0.2, 0.25) is 0 Å². The lowest BCUT2D eigenvalue weighted by atomic mass is 10.3. The van der Waals surface area contributed by atoms with Crippen molar-refractivity contribution >= 4 is 0 Å². The molecular formula is C5H10O. The Morgan fingerprint density at radius 1 is 1.67 bits per heavy atom. The lowest BCUT2D eigenvalue weighted by Gasteiger charge is -1.75. The molecule has 0 aliphatic heterocycles. The largest absolute Gasteiger partial charge is 0.516 e. The molecule has 1 heteroatoms. The van der Waals surface area contributed by atoms with Crippen LogP contribution in [0.15, 0.2) is 12.3 Å². The maximum atomic E-state index is 8.02. The third-order valence-electron chi connectivity index (χ3n) is 0.561. The first-order chi connectivity index (χ1) is 2.91. The molecule has 0 bridgehead atoms. The molecule has 0 heterocycles. The van der Waals surface area contributed by atoms with E-state index in [2.05, 4.69) is 6.92 Å². The summed E-state index contributed by atoms with van der Waals surface area (Å²) in [5, 5.41) is 8.02. The van der Waals surface area contributed by atoms with Crippen molar-refractivity contribution in [2.45, 2.75) is 19.8 Å². The molecule has 0 aromatic heterocycles. The van der Waals surface area contributed by atoms with Gasteiger partial charge in [-0.15, -0.1) is 0 Å². The topological polar surface area (TPSA) is 20.2 Å². The summed E-state index contributed by atoms with van der Waals surface area (Å²) in [5.41, 5.74) is 0. The molecule has 1 N–H and O–H groups in total. The van der Waals surface area contributed by atoms with Crippen molar-refractivity contribution in [2.75, 3.05) is 0 Å². The Morgan fingerprint density at radius 3 is 2.50 bits per heavy atom. The van der Waals surface area contributed by atoms with E-state index in [4.69, 9.17) is 5.11 Å². The molecule has 0 aliphatic rings. The second-order valence-corrected chi connectivity index (χ2v) is 1.17. The number of aliphatic hydroxyl groups is 1. The zero-order valence-electron chi connectivity index (χ0n) is 4.02. The van der Waals surface area contributed by atoms with E-state index in [0.717, 1.165) is 19.1 Å². The van der Waals surface area contributed by atoms with Crippen molar-refractivity contribution < 1.29 is 5.11 Å². The summed E-state index contributed by atoms with van der Waals surface area (Å²) < 4.78 is 0. The van der Waals surface area contributed by atoms with Crippen LogP contribution in [0.25, 0.3) is 0 Å². The van der Waals surface area contributed by atoms with Crippen molar-refractivity contribution in [2.24, 2.45) is 0 Å². The van der Waals surface area contributed by atoms with E-state index in [1.54, 1.807) is 6.08 Å². The summed E-state index contributed by atoms with van der Waals surface area (Å²) in [6.45, 7) is 2.07. The molecule has 0 aromatic carbocycles. The highest BCUT2D eigenvalue weighted by atomic mass is 16.2. The van der Waals surface area contributed by atoms with Gasteiger partial charge >= 0.3 is 0 Å². The van der Waals surface area contributed by atoms with Gasteiger partial charge in [-0.1, -0.05) is 19.4 Å². The third kappa shape index (κ3) is 3.54. The lowest BCUT2D eigenvalue weighted by molar-refractivity contribution is 0.470. The molecule has 0 unspecified atom stereocenters. The number of hydrogen-bond acceptors (Lipinski definition) is 1. The molecule has 0 atom stereocenters. The number of allylic oxidation sites excluding steroid dienone is 1. The van der Waals surface area contributed by atoms with Gasteiger partial charge in [0, 0.05) is 0 Å². The van der Waals surface area contributed by atoms with Gasteiger partial charge < -0.3 is 5.11 Å². The van der Waals surface area contributed by atoms with E-state index in [0.29, 0.717) is 0 Å². The van der Waals surface area contributed by atoms with Gasteiger partial charge in [-0.3, -0.25) is 0 Å². The minimum absolute atomic E-state index is 0.983. The van der Waals surface area contributed by atoms with Crippen molar-refractivity contribution in [3.63, 3.8) is 0 Å². The minimum Gasteiger partial charge on any atom is -0.516 e. The first-order valence-corrected chi connectivity index (χ1v) is 2.21. The number of unbranched alkanes of at least 4 members (excludes halogenated alkanes) is 1. The fourth-order valence-electron chi connectivity index (χ4n) is 0.241. The maximum absolute atomic E-state index is 8.02. The molecule has 0 aromatic rings. The Bertz CT molecular complexity index is 39.2. The summed E-state index contributed by atoms with van der Waals surface area (Å²) in [6, 6.07) is 0. The molecule has 36 valence electrons. The molecule has 1 nitrogen and oxygen atoms in total. The third-order valence-corrected chi connectivity index (χ3v) is 0.561. The van der Waals surface area contributed by atoms with E-state index in [-0.39, 0.29) is 0 Å². The monoisotopic (exact) mass is 86.1 g/mol. The molecule has 0 saturated carbocycles. The van der Waals surface area contributed by atoms with E-state index >= 15 is 0 Å². The highest BCUT2D eigenvalue weighted by molar-refractivity contribution is 4.69. The Labute approximate surface area is 38.3 Å². The highest BCUT2D eigenvalue weighted by Crippen LogP contribution is 1.84. The Kier molecular flexibility index (Phi) is 4.19. The molecule has 0 aliphatic carbocycles. The summed E-state index contributed by atoms with van der Waals surface area (Å²) in [7, 11) is 0. The Balaban J connectivity index is 2.66. The quantitative estimate of drug-likeness (QED) is 0.508. The molecule has 0 saturated heterocycles. The number of rotatable bonds is 2. The van der Waals surface area contributed by atoms with Crippen LogP contribution in [0.1, 0.15) is 19.8 Å². The van der Waals surface area contributed by atoms with Crippen LogP contribution in [-0.2, 0) is 0 Å². The Hall–Kier alpha value is -0.460. The van der Waals surface area contributed by atoms with Crippen molar-refractivity contribution in [3.05, 3.63) is 12.3 Å². The first-order valence-electron chi connectivity index (χ1n) is 2.21. The zero-order valence-corrected chi connectivity index (χ0v) is 4.02. The van der Waals surface area contributed by atoms with E-state index < -0.39 is 0 Å². The predicted molar refractivity (Wildman–Crippen MR) is 26.7 cm³/mol. The average molecular weight is 86.1 g/mol. The van der Waals surface area contributed by atoms with Crippen LogP contribution in [0.5, 0.6) is 0 Å². The number of hydrogen-bond donors (Lipinski definition) is 1. The fraction of sp³-hybridized carbons (Fsp3) is 0.600. The predicted octanol–water partition coefficient (Wildman–Crippen LogP) is 1.86. The van der Waals surface area contributed by atoms with Crippen molar-refractivity contribution in [3.8, 4) is 0 Å². The van der Waals surface area contributed by atoms with Gasteiger partial charge in [-0.25, -0.2) is 0 Å². The van der Waals surface area contributed by atoms with Gasteiger partial charge in [0.1, 0.15) is 0 Å². The van der Waals surface area contributed by atoms with Gasteiger partial charge in [0.05, 0.1) is 6.26 Å². The fourth-order valence-corrected chi connectivity index (χ4v) is 0.241. The van der Waals surface area contributed by atoms with Crippen LogP contribution in [0.2, 0.25) is 0 Å². The number of aliphatic hydroxyl groups excluding tert-OH is 1. The van der Waals surface area contributed by atoms with E-state index in [1.807, 2.05) is 0 Å². The molecular weight excluding hydrogens is 76.1 g/mol. The van der Waals surface area contributed by atoms with Crippen molar-refractivity contribution in [1.29, 1.82) is 0 Å². The zero-order chi connectivity index (χ0) is 4.83. The second kappa shape index (κ2) is 4.54. The van der Waals surface area contributed by atoms with Crippen LogP contribution < -0.4 is 0 Å². The molecule has 0 spiro atoms. The molecule has 0 rings (SSSR count). The van der Waals surface area contributed by atoms with E-state index in [1.165, 1.54) is 0 Å². The summed E-state index contributed by atoms with van der Waals surface area (Å²) in [5.74, 6) is 0. The van der Waals surface area contributed by atoms with Crippen LogP contribution in [0, 0.1) is 0 Å². The summed E-state index contributed by atoms with van der Waals surface area (Å²) in [4.78, 5) is 0. The standard InChI is InChI=1S/C5H10O/c1-2-3-4-5-6/h4-6H,2-3H2,1H3/b5-4-. The van der Waals surface area contributed by atoms with Crippen molar-refractivity contribution in [1.82, 2.24) is 0 Å². The van der Waals surface area contributed by atoms with E-state index in [9.17, 15) is 0 Å². The minimum atomic E-state index is 0.983. The van der Waals surface area contributed by atoms with Crippen LogP contribution in [-0.4, -0.2) is 5.11 Å². The molecule has 0 radical (unpaired) electrons. The summed E-state index contributed by atoms with van der Waals surface area (Å²) >= 11 is 0. The van der Waals surface area contributed by atoms with Crippen LogP contribution in [0.4, 0.5) is 0 Å². The van der Waals surface area contributed by atoms with Crippen LogP contribution >= 0.6 is 0 Å². The summed E-state index contributed by atoms with van der Waals surface area (Å²) in [6.07, 6.45) is 4.91. The van der Waals surface area contributed by atoms with Gasteiger partial charge in [0.15, 0.2) is 0 Å². The molecule has 6 heavy (non-hydrogen) atoms. The van der Waals surface area contributed by atoms with Gasteiger partial charge in [-0.05, 0) is 6.42 Å². The Morgan fingerprint density at radius 2 is 2.33 bits per heavy atom. The lowest BCUT2D eigenvalue weighted by Crippen LogP contribution is -1.57. The van der Waals surface area contributed by atoms with Gasteiger partial charge in [0.25, 0.3) is 0 Å². The normalized spacial score (nSPS) is 10.2. The first kappa shape index (κ1) is 5.54. The highest BCUT2D eigenvalue weighted by Gasteiger charge is 1.66. The smallest absolute Gasteiger partial charge is 0.0751 e. The average Bonchev–Trinajstić information content (AvgIpc) is 1.61. The molecule has 0 amide bonds. The van der Waals surface area contributed by atoms with Gasteiger partial charge in [-0.2, -0.15) is 0 Å². The SMILES string of the molecule is CCC/C=C\O. The maximum Gasteiger partial charge on any atom is 0.0751 e.